The highest BCUT2D eigenvalue weighted by Gasteiger charge is 2.28. The molecule has 0 atom stereocenters. The molecule has 2 rings (SSSR count). The van der Waals surface area contributed by atoms with Crippen LogP contribution in [0.1, 0.15) is 13.8 Å². The van der Waals surface area contributed by atoms with Crippen LogP contribution < -0.4 is 4.74 Å². The molecule has 0 unspecified atom stereocenters. The van der Waals surface area contributed by atoms with Crippen molar-refractivity contribution in [1.82, 2.24) is 9.21 Å². The summed E-state index contributed by atoms with van der Waals surface area (Å²) in [5.41, 5.74) is 0. The molecule has 1 heterocycles. The Morgan fingerprint density at radius 3 is 2.23 bits per heavy atom. The number of benzene rings is 1. The fraction of sp³-hybridized carbons (Fsp3) is 0.533. The molecule has 122 valence electrons. The zero-order valence-electron chi connectivity index (χ0n) is 13.0. The number of hydrogen-bond donors (Lipinski definition) is 0. The number of hydrogen-bond acceptors (Lipinski definition) is 5. The fourth-order valence-electron chi connectivity index (χ4n) is 2.47. The van der Waals surface area contributed by atoms with Crippen molar-refractivity contribution < 1.29 is 17.9 Å². The molecule has 6 nitrogen and oxygen atoms in total. The first-order chi connectivity index (χ1) is 10.4. The van der Waals surface area contributed by atoms with Crippen molar-refractivity contribution in [3.05, 3.63) is 24.3 Å². The Morgan fingerprint density at radius 1 is 1.14 bits per heavy atom. The smallest absolute Gasteiger partial charge is 0.243 e. The van der Waals surface area contributed by atoms with Crippen LogP contribution in [0.4, 0.5) is 0 Å². The van der Waals surface area contributed by atoms with Crippen LogP contribution in [0.5, 0.6) is 5.75 Å². The summed E-state index contributed by atoms with van der Waals surface area (Å²) in [5, 5.41) is 0. The Kier molecular flexibility index (Phi) is 5.55. The second-order valence-corrected chi connectivity index (χ2v) is 7.22. The van der Waals surface area contributed by atoms with Gasteiger partial charge in [-0.2, -0.15) is 4.31 Å². The Morgan fingerprint density at radius 2 is 1.73 bits per heavy atom. The molecule has 0 saturated carbocycles. The summed E-state index contributed by atoms with van der Waals surface area (Å²) >= 11 is 0. The quantitative estimate of drug-likeness (QED) is 0.779. The minimum absolute atomic E-state index is 0.0998. The molecule has 1 aliphatic heterocycles. The van der Waals surface area contributed by atoms with Gasteiger partial charge in [0.1, 0.15) is 11.5 Å². The van der Waals surface area contributed by atoms with Gasteiger partial charge in [-0.3, -0.25) is 9.69 Å². The number of ketones is 1. The molecule has 1 aromatic rings. The molecule has 1 aliphatic rings. The number of piperazine rings is 1. The van der Waals surface area contributed by atoms with E-state index in [1.807, 2.05) is 11.8 Å². The lowest BCUT2D eigenvalue weighted by molar-refractivity contribution is -0.118. The van der Waals surface area contributed by atoms with E-state index in [2.05, 4.69) is 0 Å². The lowest BCUT2D eigenvalue weighted by Crippen LogP contribution is -2.49. The fourth-order valence-corrected chi connectivity index (χ4v) is 3.89. The summed E-state index contributed by atoms with van der Waals surface area (Å²) < 4.78 is 32.0. The molecule has 0 N–H and O–H groups in total. The molecule has 0 amide bonds. The molecule has 0 aromatic heterocycles. The van der Waals surface area contributed by atoms with Gasteiger partial charge in [0.15, 0.2) is 0 Å². The van der Waals surface area contributed by atoms with Crippen LogP contribution in [-0.2, 0) is 14.8 Å². The molecule has 0 spiro atoms. The van der Waals surface area contributed by atoms with Gasteiger partial charge >= 0.3 is 0 Å². The third-order valence-corrected chi connectivity index (χ3v) is 5.46. The van der Waals surface area contributed by atoms with Crippen LogP contribution in [0.25, 0.3) is 0 Å². The molecule has 0 radical (unpaired) electrons. The molecule has 7 heteroatoms. The van der Waals surface area contributed by atoms with Gasteiger partial charge in [0.25, 0.3) is 0 Å². The summed E-state index contributed by atoms with van der Waals surface area (Å²) in [5.74, 6) is 0.760. The summed E-state index contributed by atoms with van der Waals surface area (Å²) in [7, 11) is -3.48. The Balaban J connectivity index is 2.03. The van der Waals surface area contributed by atoms with Gasteiger partial charge in [0, 0.05) is 26.2 Å². The van der Waals surface area contributed by atoms with Gasteiger partial charge in [-0.25, -0.2) is 8.42 Å². The second kappa shape index (κ2) is 7.21. The minimum atomic E-state index is -3.48. The van der Waals surface area contributed by atoms with E-state index in [0.717, 1.165) is 0 Å². The highest BCUT2D eigenvalue weighted by Crippen LogP contribution is 2.20. The first kappa shape index (κ1) is 16.9. The van der Waals surface area contributed by atoms with Crippen LogP contribution in [0.2, 0.25) is 0 Å². The van der Waals surface area contributed by atoms with Crippen LogP contribution in [0.15, 0.2) is 29.2 Å². The number of ether oxygens (including phenoxy) is 1. The monoisotopic (exact) mass is 326 g/mol. The first-order valence-corrected chi connectivity index (χ1v) is 8.82. The number of carbonyl (C=O) groups is 1. The van der Waals surface area contributed by atoms with E-state index in [-0.39, 0.29) is 10.7 Å². The van der Waals surface area contributed by atoms with Gasteiger partial charge in [-0.1, -0.05) is 0 Å². The summed E-state index contributed by atoms with van der Waals surface area (Å²) in [6.45, 7) is 6.33. The van der Waals surface area contributed by atoms with Crippen LogP contribution >= 0.6 is 0 Å². The van der Waals surface area contributed by atoms with Crippen LogP contribution in [0.3, 0.4) is 0 Å². The predicted molar refractivity (Wildman–Crippen MR) is 83.5 cm³/mol. The first-order valence-electron chi connectivity index (χ1n) is 7.38. The van der Waals surface area contributed by atoms with Crippen molar-refractivity contribution in [3.8, 4) is 5.75 Å². The van der Waals surface area contributed by atoms with Crippen LogP contribution in [0, 0.1) is 0 Å². The topological polar surface area (TPSA) is 66.9 Å². The van der Waals surface area contributed by atoms with Crippen molar-refractivity contribution in [2.45, 2.75) is 18.7 Å². The lowest BCUT2D eigenvalue weighted by atomic mass is 10.3. The van der Waals surface area contributed by atoms with Crippen molar-refractivity contribution >= 4 is 15.8 Å². The van der Waals surface area contributed by atoms with Crippen molar-refractivity contribution in [2.75, 3.05) is 39.3 Å². The van der Waals surface area contributed by atoms with Crippen molar-refractivity contribution in [2.24, 2.45) is 0 Å². The number of sulfonamides is 1. The Hall–Kier alpha value is -1.44. The maximum absolute atomic E-state index is 12.6. The van der Waals surface area contributed by atoms with Crippen LogP contribution in [-0.4, -0.2) is 62.7 Å². The second-order valence-electron chi connectivity index (χ2n) is 5.29. The SMILES string of the molecule is CCOc1ccc(S(=O)(=O)N2CCN(CC(C)=O)CC2)cc1. The zero-order valence-corrected chi connectivity index (χ0v) is 13.8. The lowest BCUT2D eigenvalue weighted by Gasteiger charge is -2.33. The van der Waals surface area contributed by atoms with E-state index < -0.39 is 10.0 Å². The van der Waals surface area contributed by atoms with E-state index >= 15 is 0 Å². The standard InChI is InChI=1S/C15H22N2O4S/c1-3-21-14-4-6-15(7-5-14)22(19,20)17-10-8-16(9-11-17)12-13(2)18/h4-7H,3,8-12H2,1-2H3. The highest BCUT2D eigenvalue weighted by atomic mass is 32.2. The molecular weight excluding hydrogens is 304 g/mol. The maximum atomic E-state index is 12.6. The summed E-state index contributed by atoms with van der Waals surface area (Å²) in [4.78, 5) is 13.4. The average Bonchev–Trinajstić information content (AvgIpc) is 2.48. The molecule has 1 aromatic carbocycles. The number of carbonyl (C=O) groups excluding carboxylic acids is 1. The molecule has 1 saturated heterocycles. The van der Waals surface area contributed by atoms with E-state index in [9.17, 15) is 13.2 Å². The molecule has 0 aliphatic carbocycles. The molecule has 22 heavy (non-hydrogen) atoms. The molecule has 0 bridgehead atoms. The van der Waals surface area contributed by atoms with Gasteiger partial charge < -0.3 is 4.74 Å². The third-order valence-electron chi connectivity index (χ3n) is 3.55. The average molecular weight is 326 g/mol. The van der Waals surface area contributed by atoms with E-state index in [4.69, 9.17) is 4.74 Å². The van der Waals surface area contributed by atoms with E-state index in [0.29, 0.717) is 45.1 Å². The van der Waals surface area contributed by atoms with Gasteiger partial charge in [0.2, 0.25) is 10.0 Å². The largest absolute Gasteiger partial charge is 0.494 e. The predicted octanol–water partition coefficient (Wildman–Crippen LogP) is 0.981. The van der Waals surface area contributed by atoms with E-state index in [1.54, 1.807) is 31.2 Å². The van der Waals surface area contributed by atoms with Crippen molar-refractivity contribution in [3.63, 3.8) is 0 Å². The normalized spacial score (nSPS) is 17.4. The van der Waals surface area contributed by atoms with Gasteiger partial charge in [-0.05, 0) is 38.1 Å². The maximum Gasteiger partial charge on any atom is 0.243 e. The summed E-state index contributed by atoms with van der Waals surface area (Å²) in [6, 6.07) is 6.48. The highest BCUT2D eigenvalue weighted by molar-refractivity contribution is 7.89. The Labute approximate surface area is 131 Å². The van der Waals surface area contributed by atoms with Gasteiger partial charge in [0.05, 0.1) is 18.0 Å². The summed E-state index contributed by atoms with van der Waals surface area (Å²) in [6.07, 6.45) is 0. The number of Topliss-reactive ketones (excluding diaryl/α,β-unsaturated/α-hetero) is 1. The molecule has 1 fully saturated rings. The Bertz CT molecular complexity index is 605. The number of nitrogens with zero attached hydrogens (tertiary/aromatic N) is 2. The number of rotatable bonds is 6. The molecular formula is C15H22N2O4S. The minimum Gasteiger partial charge on any atom is -0.494 e. The van der Waals surface area contributed by atoms with Gasteiger partial charge in [-0.15, -0.1) is 0 Å². The zero-order chi connectivity index (χ0) is 16.2. The van der Waals surface area contributed by atoms with E-state index in [1.165, 1.54) is 4.31 Å². The third kappa shape index (κ3) is 4.06. The van der Waals surface area contributed by atoms with Crippen molar-refractivity contribution in [1.29, 1.82) is 0 Å².